The van der Waals surface area contributed by atoms with Crippen molar-refractivity contribution in [3.63, 3.8) is 0 Å². The van der Waals surface area contributed by atoms with Crippen molar-refractivity contribution in [2.75, 3.05) is 12.8 Å². The molecule has 0 bridgehead atoms. The molecular weight excluding hydrogens is 274 g/mol. The molecule has 1 amide bonds. The molecule has 4 nitrogen and oxygen atoms in total. The number of halogens is 1. The number of carbonyl (C=O) groups is 1. The van der Waals surface area contributed by atoms with Crippen LogP contribution in [0.4, 0.5) is 5.82 Å². The molecule has 1 aromatic rings. The standard InChI is InChI=1S/C15H22ClN3O/c1-15(2)6-4-11(5-7-15)19(3)14(20)10-8-12(16)13(17)18-9-10/h8-9,11H,4-7H2,1-3H3,(H2,17,18). The number of carbonyl (C=O) groups excluding carboxylic acids is 1. The number of anilines is 1. The fourth-order valence-corrected chi connectivity index (χ4v) is 2.87. The quantitative estimate of drug-likeness (QED) is 0.910. The lowest BCUT2D eigenvalue weighted by molar-refractivity contribution is 0.0635. The average molecular weight is 296 g/mol. The summed E-state index contributed by atoms with van der Waals surface area (Å²) in [5.41, 5.74) is 6.46. The molecule has 0 radical (unpaired) electrons. The zero-order valence-electron chi connectivity index (χ0n) is 12.3. The van der Waals surface area contributed by atoms with Gasteiger partial charge >= 0.3 is 0 Å². The topological polar surface area (TPSA) is 59.2 Å². The number of aromatic nitrogens is 1. The fraction of sp³-hybridized carbons (Fsp3) is 0.600. The third-order valence-electron chi connectivity index (χ3n) is 4.29. The van der Waals surface area contributed by atoms with Crippen LogP contribution in [-0.4, -0.2) is 28.9 Å². The van der Waals surface area contributed by atoms with Crippen LogP contribution in [0.5, 0.6) is 0 Å². The first-order valence-corrected chi connectivity index (χ1v) is 7.36. The van der Waals surface area contributed by atoms with Gasteiger partial charge < -0.3 is 10.6 Å². The van der Waals surface area contributed by atoms with Crippen LogP contribution >= 0.6 is 11.6 Å². The van der Waals surface area contributed by atoms with Crippen LogP contribution in [0.25, 0.3) is 0 Å². The van der Waals surface area contributed by atoms with Crippen LogP contribution in [0.15, 0.2) is 12.3 Å². The van der Waals surface area contributed by atoms with Gasteiger partial charge in [-0.2, -0.15) is 0 Å². The van der Waals surface area contributed by atoms with Gasteiger partial charge in [0.25, 0.3) is 5.91 Å². The van der Waals surface area contributed by atoms with Gasteiger partial charge in [-0.1, -0.05) is 25.4 Å². The van der Waals surface area contributed by atoms with Gasteiger partial charge in [-0.3, -0.25) is 4.79 Å². The molecule has 1 aliphatic carbocycles. The second-order valence-electron chi connectivity index (χ2n) is 6.40. The minimum Gasteiger partial charge on any atom is -0.382 e. The van der Waals surface area contributed by atoms with Crippen LogP contribution in [0.3, 0.4) is 0 Å². The first-order valence-electron chi connectivity index (χ1n) is 6.98. The van der Waals surface area contributed by atoms with Gasteiger partial charge in [0, 0.05) is 19.3 Å². The Hall–Kier alpha value is -1.29. The largest absolute Gasteiger partial charge is 0.382 e. The molecule has 1 aromatic heterocycles. The number of nitrogens with two attached hydrogens (primary N) is 1. The van der Waals surface area contributed by atoms with E-state index in [2.05, 4.69) is 18.8 Å². The Balaban J connectivity index is 2.07. The summed E-state index contributed by atoms with van der Waals surface area (Å²) in [5, 5.41) is 0.328. The molecule has 0 aromatic carbocycles. The van der Waals surface area contributed by atoms with Gasteiger partial charge in [-0.15, -0.1) is 0 Å². The number of rotatable bonds is 2. The minimum absolute atomic E-state index is 0.0379. The molecule has 2 N–H and O–H groups in total. The van der Waals surface area contributed by atoms with E-state index in [0.29, 0.717) is 22.0 Å². The number of hydrogen-bond acceptors (Lipinski definition) is 3. The Labute approximate surface area is 125 Å². The van der Waals surface area contributed by atoms with Crippen LogP contribution in [0.2, 0.25) is 5.02 Å². The molecule has 1 saturated carbocycles. The first kappa shape index (κ1) is 15.1. The molecule has 0 atom stereocenters. The Kier molecular flexibility index (Phi) is 4.23. The lowest BCUT2D eigenvalue weighted by Gasteiger charge is -2.38. The first-order chi connectivity index (χ1) is 9.30. The summed E-state index contributed by atoms with van der Waals surface area (Å²) in [7, 11) is 1.86. The molecule has 0 aliphatic heterocycles. The SMILES string of the molecule is CN(C(=O)c1cnc(N)c(Cl)c1)C1CCC(C)(C)CC1. The molecule has 20 heavy (non-hydrogen) atoms. The Morgan fingerprint density at radius 3 is 2.60 bits per heavy atom. The van der Waals surface area contributed by atoms with E-state index in [1.165, 1.54) is 6.20 Å². The van der Waals surface area contributed by atoms with Crippen molar-refractivity contribution in [1.82, 2.24) is 9.88 Å². The van der Waals surface area contributed by atoms with Gasteiger partial charge in [0.1, 0.15) is 5.82 Å². The zero-order chi connectivity index (χ0) is 14.9. The second kappa shape index (κ2) is 5.60. The van der Waals surface area contributed by atoms with E-state index in [1.807, 2.05) is 11.9 Å². The van der Waals surface area contributed by atoms with Crippen molar-refractivity contribution in [3.05, 3.63) is 22.8 Å². The van der Waals surface area contributed by atoms with E-state index in [4.69, 9.17) is 17.3 Å². The fourth-order valence-electron chi connectivity index (χ4n) is 2.71. The number of nitrogen functional groups attached to an aromatic ring is 1. The summed E-state index contributed by atoms with van der Waals surface area (Å²) in [6.45, 7) is 4.57. The summed E-state index contributed by atoms with van der Waals surface area (Å²) in [5.74, 6) is 0.217. The third-order valence-corrected chi connectivity index (χ3v) is 4.60. The molecule has 1 aliphatic rings. The predicted molar refractivity (Wildman–Crippen MR) is 81.8 cm³/mol. The van der Waals surface area contributed by atoms with Gasteiger partial charge in [-0.05, 0) is 37.2 Å². The number of amides is 1. The van der Waals surface area contributed by atoms with Crippen LogP contribution in [0, 0.1) is 5.41 Å². The summed E-state index contributed by atoms with van der Waals surface area (Å²) < 4.78 is 0. The lowest BCUT2D eigenvalue weighted by atomic mass is 9.75. The maximum absolute atomic E-state index is 12.5. The molecule has 2 rings (SSSR count). The van der Waals surface area contributed by atoms with E-state index in [0.717, 1.165) is 25.7 Å². The molecule has 5 heteroatoms. The normalized spacial score (nSPS) is 18.8. The monoisotopic (exact) mass is 295 g/mol. The maximum Gasteiger partial charge on any atom is 0.255 e. The number of hydrogen-bond donors (Lipinski definition) is 1. The number of pyridine rings is 1. The highest BCUT2D eigenvalue weighted by molar-refractivity contribution is 6.33. The van der Waals surface area contributed by atoms with Crippen LogP contribution in [0.1, 0.15) is 49.9 Å². The van der Waals surface area contributed by atoms with E-state index in [-0.39, 0.29) is 11.7 Å². The van der Waals surface area contributed by atoms with Crippen molar-refractivity contribution in [3.8, 4) is 0 Å². The highest BCUT2D eigenvalue weighted by Crippen LogP contribution is 2.36. The van der Waals surface area contributed by atoms with E-state index >= 15 is 0 Å². The average Bonchev–Trinajstić information content (AvgIpc) is 2.40. The smallest absolute Gasteiger partial charge is 0.255 e. The molecule has 1 heterocycles. The third kappa shape index (κ3) is 3.23. The molecule has 0 saturated heterocycles. The molecule has 0 unspecified atom stereocenters. The van der Waals surface area contributed by atoms with Crippen molar-refractivity contribution in [2.24, 2.45) is 5.41 Å². The predicted octanol–water partition coefficient (Wildman–Crippen LogP) is 3.36. The Morgan fingerprint density at radius 1 is 1.45 bits per heavy atom. The van der Waals surface area contributed by atoms with Gasteiger partial charge in [0.2, 0.25) is 0 Å². The van der Waals surface area contributed by atoms with Crippen molar-refractivity contribution in [2.45, 2.75) is 45.6 Å². The summed E-state index contributed by atoms with van der Waals surface area (Å²) in [6.07, 6.45) is 5.88. The highest BCUT2D eigenvalue weighted by Gasteiger charge is 2.30. The summed E-state index contributed by atoms with van der Waals surface area (Å²) in [6, 6.07) is 1.89. The van der Waals surface area contributed by atoms with E-state index < -0.39 is 0 Å². The zero-order valence-corrected chi connectivity index (χ0v) is 13.1. The van der Waals surface area contributed by atoms with Crippen molar-refractivity contribution in [1.29, 1.82) is 0 Å². The highest BCUT2D eigenvalue weighted by atomic mass is 35.5. The van der Waals surface area contributed by atoms with Crippen molar-refractivity contribution < 1.29 is 4.79 Å². The molecule has 0 spiro atoms. The van der Waals surface area contributed by atoms with Gasteiger partial charge in [0.15, 0.2) is 0 Å². The van der Waals surface area contributed by atoms with Crippen LogP contribution < -0.4 is 5.73 Å². The Morgan fingerprint density at radius 2 is 2.05 bits per heavy atom. The molecule has 1 fully saturated rings. The molecular formula is C15H22ClN3O. The number of nitrogens with zero attached hydrogens (tertiary/aromatic N) is 2. The minimum atomic E-state index is -0.0379. The summed E-state index contributed by atoms with van der Waals surface area (Å²) in [4.78, 5) is 18.2. The Bertz CT molecular complexity index is 506. The van der Waals surface area contributed by atoms with Crippen LogP contribution in [-0.2, 0) is 0 Å². The van der Waals surface area contributed by atoms with E-state index in [1.54, 1.807) is 6.07 Å². The van der Waals surface area contributed by atoms with E-state index in [9.17, 15) is 4.79 Å². The lowest BCUT2D eigenvalue weighted by Crippen LogP contribution is -2.40. The van der Waals surface area contributed by atoms with Gasteiger partial charge in [0.05, 0.1) is 10.6 Å². The summed E-state index contributed by atoms with van der Waals surface area (Å²) >= 11 is 5.93. The molecule has 110 valence electrons. The maximum atomic E-state index is 12.5. The second-order valence-corrected chi connectivity index (χ2v) is 6.81. The van der Waals surface area contributed by atoms with Crippen molar-refractivity contribution >= 4 is 23.3 Å². The van der Waals surface area contributed by atoms with Gasteiger partial charge in [-0.25, -0.2) is 4.98 Å².